The SMILES string of the molecule is CC[C@H](C)[C@@H]1NC(=O)[C@H](CC(C)C)N(C)C(=O)C[C@@H](C(=O)N2CCCCC2)N(C)C(=O)[C@H](C(C)C)N(C)C(=O)C2(CCCC2)NC(=O)C2CCCN2C(=O)[C@H](CCc2ccc(C(F)(F)F)c(Cl)c2)NC(=O)CN(C)C(=O)[C@H](Cc2ccccc2OC(F)(F)F)N(C)C(=O)CN(C)C(=O)CN(C)C1=O. The van der Waals surface area contributed by atoms with Crippen LogP contribution in [0.3, 0.4) is 0 Å². The van der Waals surface area contributed by atoms with Crippen molar-refractivity contribution in [3.63, 3.8) is 0 Å². The van der Waals surface area contributed by atoms with E-state index in [4.69, 9.17) is 11.6 Å². The van der Waals surface area contributed by atoms with Gasteiger partial charge in [0.15, 0.2) is 0 Å². The molecule has 0 radical (unpaired) electrons. The lowest BCUT2D eigenvalue weighted by atomic mass is 9.91. The third-order valence-corrected chi connectivity index (χ3v) is 20.5. The number of para-hydroxylation sites is 1. The van der Waals surface area contributed by atoms with Gasteiger partial charge in [0, 0.05) is 75.4 Å². The smallest absolute Gasteiger partial charge is 0.406 e. The van der Waals surface area contributed by atoms with Gasteiger partial charge in [-0.1, -0.05) is 96.7 Å². The molecule has 6 rings (SSSR count). The second kappa shape index (κ2) is 36.0. The van der Waals surface area contributed by atoms with Crippen molar-refractivity contribution in [2.75, 3.05) is 88.6 Å². The Bertz CT molecular complexity index is 3420. The van der Waals surface area contributed by atoms with Gasteiger partial charge in [0.2, 0.25) is 70.9 Å². The van der Waals surface area contributed by atoms with Crippen LogP contribution in [-0.2, 0) is 76.6 Å². The number of rotatable bonds is 12. The minimum atomic E-state index is -5.22. The zero-order valence-corrected chi connectivity index (χ0v) is 61.9. The van der Waals surface area contributed by atoms with Crippen LogP contribution in [0.25, 0.3) is 0 Å². The minimum Gasteiger partial charge on any atom is -0.406 e. The Morgan fingerprint density at radius 3 is 1.85 bits per heavy atom. The van der Waals surface area contributed by atoms with E-state index in [9.17, 15) is 64.7 Å². The number of likely N-dealkylation sites (tertiary alicyclic amines) is 1. The zero-order chi connectivity index (χ0) is 76.9. The molecule has 32 heteroatoms. The highest BCUT2D eigenvalue weighted by Crippen LogP contribution is 2.37. The normalized spacial score (nSPS) is 24.5. The molecule has 3 saturated heterocycles. The van der Waals surface area contributed by atoms with Crippen molar-refractivity contribution in [3.05, 3.63) is 64.2 Å². The zero-order valence-electron chi connectivity index (χ0n) is 61.1. The predicted molar refractivity (Wildman–Crippen MR) is 367 cm³/mol. The number of alkyl halides is 6. The summed E-state index contributed by atoms with van der Waals surface area (Å²) in [5.74, 6) is -11.8. The summed E-state index contributed by atoms with van der Waals surface area (Å²) in [6.07, 6.45) is -8.00. The molecule has 1 saturated carbocycles. The molecule has 103 heavy (non-hydrogen) atoms. The fraction of sp³-hybridized carbons (Fsp3) is 0.662. The molecule has 2 aromatic carbocycles. The molecule has 3 aliphatic heterocycles. The lowest BCUT2D eigenvalue weighted by Crippen LogP contribution is -2.65. The van der Waals surface area contributed by atoms with E-state index in [1.807, 2.05) is 13.8 Å². The minimum absolute atomic E-state index is 0.0508. The molecule has 0 bridgehead atoms. The van der Waals surface area contributed by atoms with Crippen molar-refractivity contribution in [1.29, 1.82) is 0 Å². The van der Waals surface area contributed by atoms with Crippen LogP contribution in [0.5, 0.6) is 5.75 Å². The van der Waals surface area contributed by atoms with Crippen molar-refractivity contribution < 1.29 is 88.6 Å². The van der Waals surface area contributed by atoms with Crippen LogP contribution in [0.1, 0.15) is 142 Å². The molecule has 1 aliphatic carbocycles. The van der Waals surface area contributed by atoms with Gasteiger partial charge in [-0.3, -0.25) is 57.5 Å². The van der Waals surface area contributed by atoms with Gasteiger partial charge < -0.3 is 64.8 Å². The number of aryl methyl sites for hydroxylation is 1. The molecule has 3 N–H and O–H groups in total. The molecule has 1 spiro atoms. The van der Waals surface area contributed by atoms with Gasteiger partial charge in [0.05, 0.1) is 36.6 Å². The van der Waals surface area contributed by atoms with Crippen LogP contribution < -0.4 is 20.7 Å². The summed E-state index contributed by atoms with van der Waals surface area (Å²) >= 11 is 6.11. The number of nitrogens with zero attached hydrogens (tertiary/aromatic N) is 9. The maximum absolute atomic E-state index is 15.4. The third kappa shape index (κ3) is 21.5. The van der Waals surface area contributed by atoms with Crippen molar-refractivity contribution in [1.82, 2.24) is 60.0 Å². The number of likely N-dealkylation sites (N-methyl/N-ethyl adjacent to an activating group) is 7. The highest BCUT2D eigenvalue weighted by atomic mass is 35.5. The summed E-state index contributed by atoms with van der Waals surface area (Å²) < 4.78 is 87.5. The lowest BCUT2D eigenvalue weighted by molar-refractivity contribution is -0.275. The Morgan fingerprint density at radius 1 is 0.650 bits per heavy atom. The van der Waals surface area contributed by atoms with Gasteiger partial charge in [-0.05, 0) is 111 Å². The predicted octanol–water partition coefficient (Wildman–Crippen LogP) is 5.67. The number of nitrogens with one attached hydrogen (secondary N) is 3. The third-order valence-electron chi connectivity index (χ3n) is 20.2. The molecule has 8 atom stereocenters. The first-order valence-electron chi connectivity index (χ1n) is 35.1. The Morgan fingerprint density at radius 2 is 1.26 bits per heavy atom. The molecule has 1 unspecified atom stereocenters. The Labute approximate surface area is 603 Å². The van der Waals surface area contributed by atoms with Gasteiger partial charge >= 0.3 is 12.5 Å². The van der Waals surface area contributed by atoms with E-state index < -0.39 is 192 Å². The first kappa shape index (κ1) is 83.7. The van der Waals surface area contributed by atoms with E-state index in [0.717, 1.165) is 69.3 Å². The van der Waals surface area contributed by atoms with Crippen LogP contribution in [0, 0.1) is 17.8 Å². The molecule has 4 fully saturated rings. The van der Waals surface area contributed by atoms with Crippen LogP contribution in [0.15, 0.2) is 42.5 Å². The highest BCUT2D eigenvalue weighted by molar-refractivity contribution is 6.31. The summed E-state index contributed by atoms with van der Waals surface area (Å²) in [5, 5.41) is 7.74. The van der Waals surface area contributed by atoms with Gasteiger partial charge in [-0.2, -0.15) is 13.2 Å². The van der Waals surface area contributed by atoms with Gasteiger partial charge in [-0.25, -0.2) is 0 Å². The van der Waals surface area contributed by atoms with Crippen molar-refractivity contribution in [2.24, 2.45) is 17.8 Å². The Balaban J connectivity index is 1.45. The van der Waals surface area contributed by atoms with Crippen LogP contribution >= 0.6 is 11.6 Å². The molecule has 25 nitrogen and oxygen atoms in total. The number of amides is 12. The maximum Gasteiger partial charge on any atom is 0.573 e. The molecule has 0 aromatic heterocycles. The summed E-state index contributed by atoms with van der Waals surface area (Å²) in [7, 11) is 8.92. The van der Waals surface area contributed by atoms with E-state index >= 15 is 19.2 Å². The fourth-order valence-electron chi connectivity index (χ4n) is 13.9. The monoisotopic (exact) mass is 1480 g/mol. The maximum atomic E-state index is 15.4. The topological polar surface area (TPSA) is 279 Å². The standard InChI is InChI=1S/C71H101ClF6N12O13/c1-14-44(6)59-66(100)84(9)40-57(93)82(7)41-58(94)86(11)52(37-46-23-16-17-25-54(46)103-71(76,77)78)64(98)83(8)39-55(91)79-49(29-27-45-26-28-47(48(72)36-45)70(73,74)75)63(97)90-34-22-24-50(90)62(96)81-69(30-18-19-31-69)68(102)88(13)60(43(4)5)67(101)87(12)53(65(99)89-32-20-15-21-33-89)38-56(92)85(10)51(35-42(2)3)61(95)80-59/h16-17,23,25-26,28,36,42-44,49-53,59-60H,14-15,18-22,24,27,29-35,37-41H2,1-13H3,(H,79,91)(H,80,95)(H,81,96)/t44-,49-,50?,51-,52-,53-,59-,60-/m0/s1. The molecule has 12 amide bonds. The molecule has 2 aromatic rings. The summed E-state index contributed by atoms with van der Waals surface area (Å²) in [4.78, 5) is 188. The molecule has 3 heterocycles. The average Bonchev–Trinajstić information content (AvgIpc) is 1.74. The number of carbonyl (C=O) groups excluding carboxylic acids is 12. The number of ether oxygens (including phenoxy) is 1. The number of hydrogen-bond acceptors (Lipinski definition) is 13. The van der Waals surface area contributed by atoms with Crippen molar-refractivity contribution >= 4 is 82.5 Å². The van der Waals surface area contributed by atoms with E-state index in [-0.39, 0.29) is 68.5 Å². The van der Waals surface area contributed by atoms with Crippen LogP contribution in [-0.4, -0.2) is 258 Å². The molecular weight excluding hydrogens is 1380 g/mol. The highest BCUT2D eigenvalue weighted by Gasteiger charge is 2.51. The van der Waals surface area contributed by atoms with Crippen molar-refractivity contribution in [3.8, 4) is 5.75 Å². The number of benzene rings is 2. The lowest BCUT2D eigenvalue weighted by Gasteiger charge is -2.42. The van der Waals surface area contributed by atoms with E-state index in [1.165, 1.54) is 68.1 Å². The summed E-state index contributed by atoms with van der Waals surface area (Å²) in [6, 6.07) is -2.28. The summed E-state index contributed by atoms with van der Waals surface area (Å²) in [5.41, 5.74) is -2.82. The largest absolute Gasteiger partial charge is 0.573 e. The first-order valence-corrected chi connectivity index (χ1v) is 35.5. The van der Waals surface area contributed by atoms with E-state index in [1.54, 1.807) is 32.6 Å². The Kier molecular flexibility index (Phi) is 29.2. The molecule has 572 valence electrons. The van der Waals surface area contributed by atoms with E-state index in [2.05, 4.69) is 20.7 Å². The Hall–Kier alpha value is -8.25. The second-order valence-corrected chi connectivity index (χ2v) is 29.0. The first-order chi connectivity index (χ1) is 48.1. The molecule has 4 aliphatic rings. The van der Waals surface area contributed by atoms with Crippen LogP contribution in [0.2, 0.25) is 5.02 Å². The summed E-state index contributed by atoms with van der Waals surface area (Å²) in [6.45, 7) is 8.68. The van der Waals surface area contributed by atoms with Crippen LogP contribution in [0.4, 0.5) is 26.3 Å². The number of fused-ring (bicyclic) bond motifs is 1. The number of carbonyl (C=O) groups is 12. The quantitative estimate of drug-likeness (QED) is 0.216. The van der Waals surface area contributed by atoms with E-state index in [0.29, 0.717) is 45.2 Å². The number of hydrogen-bond donors (Lipinski definition) is 3. The molecular formula is C71H101ClF6N12O13. The number of halogens is 7. The average molecular weight is 1480 g/mol. The van der Waals surface area contributed by atoms with Crippen molar-refractivity contribution in [2.45, 2.75) is 198 Å². The van der Waals surface area contributed by atoms with Gasteiger partial charge in [0.1, 0.15) is 53.6 Å². The second-order valence-electron chi connectivity index (χ2n) is 28.6. The van der Waals surface area contributed by atoms with Gasteiger partial charge in [0.25, 0.3) is 0 Å². The number of piperidine rings is 1. The van der Waals surface area contributed by atoms with Gasteiger partial charge in [-0.15, -0.1) is 13.2 Å². The fourth-order valence-corrected chi connectivity index (χ4v) is 14.3.